The number of aliphatic imine (C=N–C) groups is 1. The van der Waals surface area contributed by atoms with Crippen LogP contribution in [0.4, 0.5) is 5.69 Å². The predicted molar refractivity (Wildman–Crippen MR) is 95.8 cm³/mol. The Morgan fingerprint density at radius 2 is 1.85 bits per heavy atom. The van der Waals surface area contributed by atoms with Crippen molar-refractivity contribution < 1.29 is 14.3 Å². The Balaban J connectivity index is 1.66. The number of ether oxygens (including phenoxy) is 2. The van der Waals surface area contributed by atoms with E-state index in [2.05, 4.69) is 10.3 Å². The van der Waals surface area contributed by atoms with Gasteiger partial charge in [0.05, 0.1) is 5.70 Å². The Bertz CT molecular complexity index is 1020. The summed E-state index contributed by atoms with van der Waals surface area (Å²) in [5, 5.41) is 12.2. The van der Waals surface area contributed by atoms with E-state index in [4.69, 9.17) is 15.2 Å². The molecule has 0 spiro atoms. The van der Waals surface area contributed by atoms with Gasteiger partial charge in [-0.3, -0.25) is 4.79 Å². The van der Waals surface area contributed by atoms with Gasteiger partial charge in [0.15, 0.2) is 11.5 Å². The molecule has 0 bridgehead atoms. The van der Waals surface area contributed by atoms with E-state index in [-0.39, 0.29) is 17.1 Å². The average Bonchev–Trinajstić information content (AvgIpc) is 2.99. The fourth-order valence-electron chi connectivity index (χ4n) is 2.87. The molecule has 0 aromatic heterocycles. The number of benzene rings is 2. The van der Waals surface area contributed by atoms with Crippen LogP contribution in [-0.4, -0.2) is 25.0 Å². The van der Waals surface area contributed by atoms with Gasteiger partial charge in [0.2, 0.25) is 0 Å². The molecule has 7 heteroatoms. The van der Waals surface area contributed by atoms with Crippen molar-refractivity contribution in [3.8, 4) is 17.6 Å². The van der Waals surface area contributed by atoms with Crippen LogP contribution < -0.4 is 20.5 Å². The summed E-state index contributed by atoms with van der Waals surface area (Å²) in [6.45, 7) is 0.935. The Hall–Kier alpha value is -3.79. The van der Waals surface area contributed by atoms with Crippen LogP contribution in [0.2, 0.25) is 0 Å². The lowest BCUT2D eigenvalue weighted by molar-refractivity contribution is -0.112. The largest absolute Gasteiger partial charge is 0.486 e. The maximum atomic E-state index is 12.6. The number of hydrogen-bond acceptors (Lipinski definition) is 6. The molecule has 2 aromatic rings. The second-order valence-electron chi connectivity index (χ2n) is 5.69. The number of nitrogens with one attached hydrogen (secondary N) is 1. The van der Waals surface area contributed by atoms with Gasteiger partial charge in [0, 0.05) is 22.9 Å². The minimum absolute atomic E-state index is 0.104. The van der Waals surface area contributed by atoms with Gasteiger partial charge in [0.1, 0.15) is 30.7 Å². The normalized spacial score (nSPS) is 16.2. The van der Waals surface area contributed by atoms with Crippen molar-refractivity contribution in [1.29, 1.82) is 5.26 Å². The van der Waals surface area contributed by atoms with Crippen LogP contribution in [0.25, 0.3) is 5.70 Å². The summed E-state index contributed by atoms with van der Waals surface area (Å²) in [5.41, 5.74) is 7.94. The molecule has 0 unspecified atom stereocenters. The van der Waals surface area contributed by atoms with Gasteiger partial charge in [-0.2, -0.15) is 5.26 Å². The smallest absolute Gasteiger partial charge is 0.268 e. The highest BCUT2D eigenvalue weighted by Gasteiger charge is 2.25. The predicted octanol–water partition coefficient (Wildman–Crippen LogP) is 2.05. The van der Waals surface area contributed by atoms with Crippen LogP contribution in [0.3, 0.4) is 0 Å². The first-order valence-electron chi connectivity index (χ1n) is 7.96. The molecule has 0 atom stereocenters. The van der Waals surface area contributed by atoms with Gasteiger partial charge in [-0.25, -0.2) is 4.99 Å². The van der Waals surface area contributed by atoms with E-state index >= 15 is 0 Å². The lowest BCUT2D eigenvalue weighted by Gasteiger charge is -2.19. The third kappa shape index (κ3) is 2.63. The monoisotopic (exact) mass is 346 g/mol. The topological polar surface area (TPSA) is 110 Å². The molecule has 1 amide bonds. The first-order chi connectivity index (χ1) is 12.7. The van der Waals surface area contributed by atoms with E-state index in [9.17, 15) is 10.1 Å². The van der Waals surface area contributed by atoms with Crippen LogP contribution >= 0.6 is 0 Å². The molecular formula is C19H14N4O3. The van der Waals surface area contributed by atoms with E-state index in [0.29, 0.717) is 41.5 Å². The summed E-state index contributed by atoms with van der Waals surface area (Å²) in [6, 6.07) is 14.2. The number of amides is 1. The minimum Gasteiger partial charge on any atom is -0.486 e. The van der Waals surface area contributed by atoms with E-state index in [1.165, 1.54) is 0 Å². The third-order valence-electron chi connectivity index (χ3n) is 4.07. The van der Waals surface area contributed by atoms with Crippen LogP contribution in [0.5, 0.6) is 11.5 Å². The van der Waals surface area contributed by atoms with Crippen molar-refractivity contribution >= 4 is 23.1 Å². The Kier molecular flexibility index (Phi) is 3.78. The van der Waals surface area contributed by atoms with E-state index in [1.54, 1.807) is 36.4 Å². The zero-order chi connectivity index (χ0) is 18.1. The maximum Gasteiger partial charge on any atom is 0.268 e. The van der Waals surface area contributed by atoms with Crippen molar-refractivity contribution in [2.75, 3.05) is 18.5 Å². The molecular weight excluding hydrogens is 332 g/mol. The molecule has 3 N–H and O–H groups in total. The Morgan fingerprint density at radius 3 is 2.62 bits per heavy atom. The standard InChI is InChI=1S/C19H14N4O3/c20-10-14(17-12-3-1-2-4-13(12)18(21)23-17)19(24)22-11-5-6-15-16(9-11)26-8-7-25-15/h1-6,9H,7-8H2,(H2,21,23)(H,22,24)/b17-14-. The van der Waals surface area contributed by atoms with Crippen LogP contribution in [0.1, 0.15) is 11.1 Å². The van der Waals surface area contributed by atoms with Crippen molar-refractivity contribution in [1.82, 2.24) is 0 Å². The second-order valence-corrected chi connectivity index (χ2v) is 5.69. The average molecular weight is 346 g/mol. The maximum absolute atomic E-state index is 12.6. The number of carbonyl (C=O) groups excluding carboxylic acids is 1. The van der Waals surface area contributed by atoms with Gasteiger partial charge in [-0.15, -0.1) is 0 Å². The number of fused-ring (bicyclic) bond motifs is 2. The summed E-state index contributed by atoms with van der Waals surface area (Å²) < 4.78 is 11.0. The molecule has 0 radical (unpaired) electrons. The highest BCUT2D eigenvalue weighted by molar-refractivity contribution is 6.17. The fraction of sp³-hybridized carbons (Fsp3) is 0.105. The zero-order valence-corrected chi connectivity index (χ0v) is 13.7. The molecule has 128 valence electrons. The van der Waals surface area contributed by atoms with Crippen molar-refractivity contribution in [2.24, 2.45) is 10.7 Å². The quantitative estimate of drug-likeness (QED) is 0.639. The highest BCUT2D eigenvalue weighted by Crippen LogP contribution is 2.33. The van der Waals surface area contributed by atoms with Gasteiger partial charge in [0.25, 0.3) is 5.91 Å². The molecule has 2 aromatic carbocycles. The second kappa shape index (κ2) is 6.26. The van der Waals surface area contributed by atoms with Crippen LogP contribution in [0, 0.1) is 11.3 Å². The van der Waals surface area contributed by atoms with Crippen molar-refractivity contribution in [2.45, 2.75) is 0 Å². The number of nitriles is 1. The van der Waals surface area contributed by atoms with Crippen molar-refractivity contribution in [3.05, 3.63) is 59.2 Å². The third-order valence-corrected chi connectivity index (χ3v) is 4.07. The summed E-state index contributed by atoms with van der Waals surface area (Å²) in [4.78, 5) is 16.8. The molecule has 2 aliphatic heterocycles. The van der Waals surface area contributed by atoms with Crippen molar-refractivity contribution in [3.63, 3.8) is 0 Å². The summed E-state index contributed by atoms with van der Waals surface area (Å²) in [5.74, 6) is 0.895. The van der Waals surface area contributed by atoms with Gasteiger partial charge in [-0.05, 0) is 12.1 Å². The molecule has 0 aliphatic carbocycles. The molecule has 2 aliphatic rings. The minimum atomic E-state index is -0.563. The number of carbonyl (C=O) groups is 1. The lowest BCUT2D eigenvalue weighted by Crippen LogP contribution is -2.17. The van der Waals surface area contributed by atoms with E-state index in [0.717, 1.165) is 0 Å². The number of hydrogen-bond donors (Lipinski definition) is 2. The summed E-state index contributed by atoms with van der Waals surface area (Å²) in [7, 11) is 0. The number of nitrogens with two attached hydrogens (primary N) is 1. The highest BCUT2D eigenvalue weighted by atomic mass is 16.6. The Labute approximate surface area is 149 Å². The number of rotatable bonds is 2. The zero-order valence-electron chi connectivity index (χ0n) is 13.7. The molecule has 4 rings (SSSR count). The first-order valence-corrected chi connectivity index (χ1v) is 7.96. The van der Waals surface area contributed by atoms with Crippen LogP contribution in [-0.2, 0) is 4.79 Å². The van der Waals surface area contributed by atoms with Crippen LogP contribution in [0.15, 0.2) is 53.0 Å². The van der Waals surface area contributed by atoms with Gasteiger partial charge in [-0.1, -0.05) is 24.3 Å². The van der Waals surface area contributed by atoms with Gasteiger partial charge < -0.3 is 20.5 Å². The molecule has 0 saturated heterocycles. The van der Waals surface area contributed by atoms with Gasteiger partial charge >= 0.3 is 0 Å². The molecule has 7 nitrogen and oxygen atoms in total. The summed E-state index contributed by atoms with van der Waals surface area (Å²) >= 11 is 0. The lowest BCUT2D eigenvalue weighted by atomic mass is 10.0. The van der Waals surface area contributed by atoms with E-state index in [1.807, 2.05) is 12.1 Å². The summed E-state index contributed by atoms with van der Waals surface area (Å²) in [6.07, 6.45) is 0. The van der Waals surface area contributed by atoms with E-state index < -0.39 is 5.91 Å². The number of amidine groups is 1. The first kappa shape index (κ1) is 15.7. The molecule has 26 heavy (non-hydrogen) atoms. The SMILES string of the molecule is N#C/C(C(=O)Nc1ccc2c(c1)OCCO2)=C1/N=C(N)c2ccccc21. The Morgan fingerprint density at radius 1 is 1.12 bits per heavy atom. The molecule has 0 fully saturated rings. The number of anilines is 1. The molecule has 0 saturated carbocycles. The number of nitrogens with zero attached hydrogens (tertiary/aromatic N) is 2. The molecule has 2 heterocycles. The fourth-order valence-corrected chi connectivity index (χ4v) is 2.87.